The molecule has 18 heavy (non-hydrogen) atoms. The molecule has 0 aliphatic carbocycles. The summed E-state index contributed by atoms with van der Waals surface area (Å²) in [6.07, 6.45) is 1.60. The average molecular weight is 242 g/mol. The van der Waals surface area contributed by atoms with Crippen molar-refractivity contribution >= 4 is 22.9 Å². The Labute approximate surface area is 105 Å². The van der Waals surface area contributed by atoms with E-state index in [0.29, 0.717) is 0 Å². The van der Waals surface area contributed by atoms with Crippen LogP contribution in [0.25, 0.3) is 10.8 Å². The largest absolute Gasteiger partial charge is 0.497 e. The highest BCUT2D eigenvalue weighted by Gasteiger charge is 1.97. The molecule has 2 aromatic carbocycles. The van der Waals surface area contributed by atoms with Crippen molar-refractivity contribution in [3.05, 3.63) is 42.0 Å². The minimum Gasteiger partial charge on any atom is -0.497 e. The summed E-state index contributed by atoms with van der Waals surface area (Å²) in [7, 11) is 1.65. The maximum atomic E-state index is 5.18. The van der Waals surface area contributed by atoms with Gasteiger partial charge in [-0.2, -0.15) is 5.10 Å². The first kappa shape index (κ1) is 11.9. The zero-order valence-corrected chi connectivity index (χ0v) is 10.00. The molecule has 92 valence electrons. The van der Waals surface area contributed by atoms with Gasteiger partial charge in [0, 0.05) is 0 Å². The number of hydrogen-bond donors (Lipinski definition) is 2. The molecule has 0 radical (unpaired) electrons. The summed E-state index contributed by atoms with van der Waals surface area (Å²) in [5, 5.41) is 9.53. The van der Waals surface area contributed by atoms with Gasteiger partial charge >= 0.3 is 0 Å². The molecule has 2 rings (SSSR count). The van der Waals surface area contributed by atoms with E-state index in [1.807, 2.05) is 36.4 Å². The second-order valence-corrected chi connectivity index (χ2v) is 3.74. The Morgan fingerprint density at radius 3 is 2.56 bits per heavy atom. The first-order valence-electron chi connectivity index (χ1n) is 5.39. The maximum absolute atomic E-state index is 5.18. The second kappa shape index (κ2) is 5.18. The lowest BCUT2D eigenvalue weighted by Crippen LogP contribution is -2.21. The van der Waals surface area contributed by atoms with Gasteiger partial charge in [0.1, 0.15) is 5.75 Å². The molecule has 0 bridgehead atoms. The Morgan fingerprint density at radius 2 is 1.83 bits per heavy atom. The average Bonchev–Trinajstić information content (AvgIpc) is 2.37. The van der Waals surface area contributed by atoms with Crippen LogP contribution in [-0.4, -0.2) is 19.3 Å². The maximum Gasteiger partial charge on any atom is 0.211 e. The molecule has 2 aromatic rings. The standard InChI is InChI=1S/C13H14N4O/c1-18-12-5-4-10-6-9(2-3-11(10)7-12)8-16-17-13(14)15/h2-8H,1H3,(H4,14,15,17). The Kier molecular flexibility index (Phi) is 3.43. The first-order chi connectivity index (χ1) is 8.69. The number of benzene rings is 2. The third-order valence-electron chi connectivity index (χ3n) is 2.45. The van der Waals surface area contributed by atoms with E-state index < -0.39 is 0 Å². The van der Waals surface area contributed by atoms with Gasteiger partial charge in [-0.1, -0.05) is 18.2 Å². The van der Waals surface area contributed by atoms with E-state index in [4.69, 9.17) is 16.2 Å². The van der Waals surface area contributed by atoms with Crippen molar-refractivity contribution in [3.63, 3.8) is 0 Å². The minimum atomic E-state index is -0.0585. The van der Waals surface area contributed by atoms with E-state index >= 15 is 0 Å². The topological polar surface area (TPSA) is 86.0 Å². The highest BCUT2D eigenvalue weighted by molar-refractivity contribution is 5.91. The predicted molar refractivity (Wildman–Crippen MR) is 73.9 cm³/mol. The summed E-state index contributed by atoms with van der Waals surface area (Å²) in [6.45, 7) is 0. The van der Waals surface area contributed by atoms with E-state index in [2.05, 4.69) is 10.2 Å². The Balaban J connectivity index is 2.33. The molecule has 5 nitrogen and oxygen atoms in total. The normalized spacial score (nSPS) is 10.7. The third kappa shape index (κ3) is 2.76. The molecule has 0 amide bonds. The van der Waals surface area contributed by atoms with Crippen molar-refractivity contribution < 1.29 is 4.74 Å². The molecule has 0 saturated heterocycles. The molecular formula is C13H14N4O. The highest BCUT2D eigenvalue weighted by atomic mass is 16.5. The van der Waals surface area contributed by atoms with Crippen molar-refractivity contribution in [2.24, 2.45) is 21.7 Å². The quantitative estimate of drug-likeness (QED) is 0.485. The summed E-state index contributed by atoms with van der Waals surface area (Å²) in [6, 6.07) is 11.8. The van der Waals surface area contributed by atoms with E-state index in [9.17, 15) is 0 Å². The van der Waals surface area contributed by atoms with Crippen LogP contribution in [0.15, 0.2) is 46.6 Å². The van der Waals surface area contributed by atoms with Gasteiger partial charge in [-0.15, -0.1) is 5.10 Å². The molecule has 0 unspecified atom stereocenters. The lowest BCUT2D eigenvalue weighted by Gasteiger charge is -2.03. The smallest absolute Gasteiger partial charge is 0.211 e. The van der Waals surface area contributed by atoms with E-state index in [1.165, 1.54) is 0 Å². The Bertz CT molecular complexity index is 615. The van der Waals surface area contributed by atoms with Crippen LogP contribution in [0.4, 0.5) is 0 Å². The van der Waals surface area contributed by atoms with Gasteiger partial charge in [0.25, 0.3) is 0 Å². The monoisotopic (exact) mass is 242 g/mol. The fourth-order valence-electron chi connectivity index (χ4n) is 1.61. The third-order valence-corrected chi connectivity index (χ3v) is 2.45. The second-order valence-electron chi connectivity index (χ2n) is 3.74. The molecule has 4 N–H and O–H groups in total. The predicted octanol–water partition coefficient (Wildman–Crippen LogP) is 1.46. The van der Waals surface area contributed by atoms with Crippen LogP contribution in [0.1, 0.15) is 5.56 Å². The summed E-state index contributed by atoms with van der Waals surface area (Å²) < 4.78 is 5.17. The number of ether oxygens (including phenoxy) is 1. The summed E-state index contributed by atoms with van der Waals surface area (Å²) >= 11 is 0. The van der Waals surface area contributed by atoms with E-state index in [0.717, 1.165) is 22.1 Å². The van der Waals surface area contributed by atoms with Crippen molar-refractivity contribution in [3.8, 4) is 5.75 Å². The molecule has 0 aliphatic heterocycles. The number of nitrogens with zero attached hydrogens (tertiary/aromatic N) is 2. The number of hydrogen-bond acceptors (Lipinski definition) is 3. The molecule has 5 heteroatoms. The first-order valence-corrected chi connectivity index (χ1v) is 5.39. The Hall–Kier alpha value is -2.56. The molecule has 0 spiro atoms. The van der Waals surface area contributed by atoms with E-state index in [1.54, 1.807) is 13.3 Å². The molecule has 0 heterocycles. The van der Waals surface area contributed by atoms with Gasteiger partial charge < -0.3 is 16.2 Å². The van der Waals surface area contributed by atoms with Gasteiger partial charge in [0.15, 0.2) is 0 Å². The molecule has 0 fully saturated rings. The molecule has 0 aliphatic rings. The SMILES string of the molecule is COc1ccc2cc(C=NN=C(N)N)ccc2c1. The zero-order chi connectivity index (χ0) is 13.0. The summed E-state index contributed by atoms with van der Waals surface area (Å²) in [5.41, 5.74) is 11.3. The molecular weight excluding hydrogens is 228 g/mol. The van der Waals surface area contributed by atoms with Crippen LogP contribution >= 0.6 is 0 Å². The lowest BCUT2D eigenvalue weighted by atomic mass is 10.1. The van der Waals surface area contributed by atoms with Crippen LogP contribution in [0, 0.1) is 0 Å². The van der Waals surface area contributed by atoms with Crippen LogP contribution in [0.3, 0.4) is 0 Å². The highest BCUT2D eigenvalue weighted by Crippen LogP contribution is 2.21. The van der Waals surface area contributed by atoms with Gasteiger partial charge in [-0.05, 0) is 34.5 Å². The van der Waals surface area contributed by atoms with Gasteiger partial charge in [-0.3, -0.25) is 0 Å². The number of methoxy groups -OCH3 is 1. The number of nitrogens with two attached hydrogens (primary N) is 2. The summed E-state index contributed by atoms with van der Waals surface area (Å²) in [5.74, 6) is 0.779. The van der Waals surface area contributed by atoms with Crippen LogP contribution < -0.4 is 16.2 Å². The van der Waals surface area contributed by atoms with Crippen LogP contribution in [-0.2, 0) is 0 Å². The van der Waals surface area contributed by atoms with Gasteiger partial charge in [-0.25, -0.2) is 0 Å². The zero-order valence-electron chi connectivity index (χ0n) is 10.00. The van der Waals surface area contributed by atoms with Crippen LogP contribution in [0.2, 0.25) is 0 Å². The molecule has 0 atom stereocenters. The van der Waals surface area contributed by atoms with Crippen LogP contribution in [0.5, 0.6) is 5.75 Å². The van der Waals surface area contributed by atoms with Crippen molar-refractivity contribution in [1.82, 2.24) is 0 Å². The van der Waals surface area contributed by atoms with Crippen molar-refractivity contribution in [2.75, 3.05) is 7.11 Å². The fourth-order valence-corrected chi connectivity index (χ4v) is 1.61. The lowest BCUT2D eigenvalue weighted by molar-refractivity contribution is 0.415. The molecule has 0 saturated carbocycles. The van der Waals surface area contributed by atoms with E-state index in [-0.39, 0.29) is 5.96 Å². The summed E-state index contributed by atoms with van der Waals surface area (Å²) in [4.78, 5) is 0. The van der Waals surface area contributed by atoms with Crippen molar-refractivity contribution in [1.29, 1.82) is 0 Å². The fraction of sp³-hybridized carbons (Fsp3) is 0.0769. The minimum absolute atomic E-state index is 0.0585. The molecule has 0 aromatic heterocycles. The number of fused-ring (bicyclic) bond motifs is 1. The number of rotatable bonds is 3. The Morgan fingerprint density at radius 1 is 1.11 bits per heavy atom. The number of guanidine groups is 1. The van der Waals surface area contributed by atoms with Crippen molar-refractivity contribution in [2.45, 2.75) is 0 Å². The van der Waals surface area contributed by atoms with Gasteiger partial charge in [0.2, 0.25) is 5.96 Å². The van der Waals surface area contributed by atoms with Gasteiger partial charge in [0.05, 0.1) is 13.3 Å².